The summed E-state index contributed by atoms with van der Waals surface area (Å²) in [6.07, 6.45) is 0. The van der Waals surface area contributed by atoms with E-state index in [-0.39, 0.29) is 11.3 Å². The number of nitrogens with one attached hydrogen (secondary N) is 3. The summed E-state index contributed by atoms with van der Waals surface area (Å²) in [6.45, 7) is 0. The SMILES string of the molecule is O=C(Nc1ccc2c(c1)C(=O)Nc1ccccc1O2)Nc1c(F)cccc1F. The maximum Gasteiger partial charge on any atom is 0.323 e. The molecule has 0 aliphatic carbocycles. The summed E-state index contributed by atoms with van der Waals surface area (Å²) in [5.41, 5.74) is 0.404. The van der Waals surface area contributed by atoms with Gasteiger partial charge in [0, 0.05) is 5.69 Å². The predicted octanol–water partition coefficient (Wildman–Crippen LogP) is 4.97. The molecule has 3 aromatic rings. The molecule has 140 valence electrons. The van der Waals surface area contributed by atoms with Gasteiger partial charge < -0.3 is 20.7 Å². The number of hydrogen-bond donors (Lipinski definition) is 3. The molecule has 1 aliphatic rings. The molecular weight excluding hydrogens is 368 g/mol. The van der Waals surface area contributed by atoms with Crippen molar-refractivity contribution < 1.29 is 23.1 Å². The van der Waals surface area contributed by atoms with Crippen LogP contribution in [0.25, 0.3) is 0 Å². The molecule has 8 heteroatoms. The summed E-state index contributed by atoms with van der Waals surface area (Å²) >= 11 is 0. The minimum Gasteiger partial charge on any atom is -0.454 e. The summed E-state index contributed by atoms with van der Waals surface area (Å²) in [6, 6.07) is 13.8. The van der Waals surface area contributed by atoms with Crippen molar-refractivity contribution in [3.63, 3.8) is 0 Å². The van der Waals surface area contributed by atoms with Gasteiger partial charge in [-0.25, -0.2) is 13.6 Å². The van der Waals surface area contributed by atoms with Crippen molar-refractivity contribution in [3.8, 4) is 11.5 Å². The molecule has 0 spiro atoms. The van der Waals surface area contributed by atoms with Crippen LogP contribution in [-0.2, 0) is 0 Å². The molecule has 6 nitrogen and oxygen atoms in total. The average Bonchev–Trinajstić information content (AvgIpc) is 2.81. The van der Waals surface area contributed by atoms with Gasteiger partial charge in [0.1, 0.15) is 23.1 Å². The smallest absolute Gasteiger partial charge is 0.323 e. The van der Waals surface area contributed by atoms with Crippen molar-refractivity contribution >= 4 is 29.0 Å². The van der Waals surface area contributed by atoms with E-state index in [1.54, 1.807) is 24.3 Å². The van der Waals surface area contributed by atoms with E-state index in [4.69, 9.17) is 4.74 Å². The fraction of sp³-hybridized carbons (Fsp3) is 0. The van der Waals surface area contributed by atoms with Crippen LogP contribution in [0.3, 0.4) is 0 Å². The van der Waals surface area contributed by atoms with E-state index in [1.807, 2.05) is 0 Å². The van der Waals surface area contributed by atoms with E-state index in [9.17, 15) is 18.4 Å². The molecule has 3 aromatic carbocycles. The van der Waals surface area contributed by atoms with Crippen LogP contribution in [0.15, 0.2) is 60.7 Å². The highest BCUT2D eigenvalue weighted by Crippen LogP contribution is 2.36. The lowest BCUT2D eigenvalue weighted by atomic mass is 10.1. The lowest BCUT2D eigenvalue weighted by molar-refractivity contribution is 0.102. The van der Waals surface area contributed by atoms with Crippen LogP contribution in [0.1, 0.15) is 10.4 Å². The number of carbonyl (C=O) groups excluding carboxylic acids is 2. The van der Waals surface area contributed by atoms with Gasteiger partial charge in [-0.05, 0) is 42.5 Å². The van der Waals surface area contributed by atoms with Gasteiger partial charge in [0.25, 0.3) is 5.91 Å². The number of rotatable bonds is 2. The number of amides is 3. The molecule has 0 bridgehead atoms. The molecular formula is C20H13F2N3O3. The third kappa shape index (κ3) is 3.35. The molecule has 0 radical (unpaired) electrons. The first-order chi connectivity index (χ1) is 13.5. The van der Waals surface area contributed by atoms with E-state index < -0.39 is 29.3 Å². The van der Waals surface area contributed by atoms with Crippen LogP contribution < -0.4 is 20.7 Å². The number of halogens is 2. The number of fused-ring (bicyclic) bond motifs is 2. The number of anilines is 3. The Labute approximate surface area is 158 Å². The molecule has 28 heavy (non-hydrogen) atoms. The largest absolute Gasteiger partial charge is 0.454 e. The van der Waals surface area contributed by atoms with Crippen molar-refractivity contribution in [2.75, 3.05) is 16.0 Å². The van der Waals surface area contributed by atoms with Gasteiger partial charge in [-0.1, -0.05) is 18.2 Å². The molecule has 0 saturated carbocycles. The van der Waals surface area contributed by atoms with Crippen LogP contribution in [-0.4, -0.2) is 11.9 Å². The third-order valence-corrected chi connectivity index (χ3v) is 4.04. The summed E-state index contributed by atoms with van der Waals surface area (Å²) in [5, 5.41) is 7.27. The molecule has 0 fully saturated rings. The van der Waals surface area contributed by atoms with Crippen LogP contribution >= 0.6 is 0 Å². The first kappa shape index (κ1) is 17.5. The fourth-order valence-electron chi connectivity index (χ4n) is 2.73. The summed E-state index contributed by atoms with van der Waals surface area (Å²) < 4.78 is 33.0. The van der Waals surface area contributed by atoms with Crippen LogP contribution in [0, 0.1) is 11.6 Å². The van der Waals surface area contributed by atoms with Crippen molar-refractivity contribution in [2.24, 2.45) is 0 Å². The molecule has 0 atom stereocenters. The van der Waals surface area contributed by atoms with Crippen molar-refractivity contribution in [1.29, 1.82) is 0 Å². The maximum absolute atomic E-state index is 13.6. The molecule has 0 unspecified atom stereocenters. The highest BCUT2D eigenvalue weighted by molar-refractivity contribution is 6.09. The second-order valence-electron chi connectivity index (χ2n) is 5.94. The number of benzene rings is 3. The van der Waals surface area contributed by atoms with E-state index in [2.05, 4.69) is 16.0 Å². The Morgan fingerprint density at radius 1 is 0.893 bits per heavy atom. The van der Waals surface area contributed by atoms with Gasteiger partial charge in [0.15, 0.2) is 5.75 Å². The van der Waals surface area contributed by atoms with Crippen LogP contribution in [0.2, 0.25) is 0 Å². The van der Waals surface area contributed by atoms with Gasteiger partial charge in [0.05, 0.1) is 11.3 Å². The molecule has 1 heterocycles. The second kappa shape index (κ2) is 6.99. The van der Waals surface area contributed by atoms with E-state index >= 15 is 0 Å². The molecule has 3 amide bonds. The number of hydrogen-bond acceptors (Lipinski definition) is 3. The Morgan fingerprint density at radius 3 is 2.43 bits per heavy atom. The fourth-order valence-corrected chi connectivity index (χ4v) is 2.73. The van der Waals surface area contributed by atoms with Gasteiger partial charge >= 0.3 is 6.03 Å². The monoisotopic (exact) mass is 381 g/mol. The van der Waals surface area contributed by atoms with E-state index in [0.717, 1.165) is 12.1 Å². The first-order valence-electron chi connectivity index (χ1n) is 8.25. The zero-order chi connectivity index (χ0) is 19.7. The number of carbonyl (C=O) groups is 2. The Kier molecular flexibility index (Phi) is 4.36. The predicted molar refractivity (Wildman–Crippen MR) is 99.9 cm³/mol. The van der Waals surface area contributed by atoms with Crippen molar-refractivity contribution in [1.82, 2.24) is 0 Å². The Bertz CT molecular complexity index is 1080. The first-order valence-corrected chi connectivity index (χ1v) is 8.25. The van der Waals surface area contributed by atoms with Crippen LogP contribution in [0.5, 0.6) is 11.5 Å². The highest BCUT2D eigenvalue weighted by atomic mass is 19.1. The Balaban J connectivity index is 1.56. The summed E-state index contributed by atoms with van der Waals surface area (Å²) in [4.78, 5) is 24.6. The van der Waals surface area contributed by atoms with Crippen LogP contribution in [0.4, 0.5) is 30.6 Å². The Hall–Kier alpha value is -3.94. The van der Waals surface area contributed by atoms with Crippen molar-refractivity contribution in [2.45, 2.75) is 0 Å². The quantitative estimate of drug-likeness (QED) is 0.587. The molecule has 1 aliphatic heterocycles. The highest BCUT2D eigenvalue weighted by Gasteiger charge is 2.21. The minimum atomic E-state index is -0.900. The number of para-hydroxylation sites is 3. The molecule has 0 saturated heterocycles. The zero-order valence-electron chi connectivity index (χ0n) is 14.3. The standard InChI is InChI=1S/C20H13F2N3O3/c21-13-4-3-5-14(22)18(13)25-20(27)23-11-8-9-16-12(10-11)19(26)24-15-6-1-2-7-17(15)28-16/h1-10H,(H,24,26)(H2,23,25,27). The molecule has 4 rings (SSSR count). The topological polar surface area (TPSA) is 79.5 Å². The Morgan fingerprint density at radius 2 is 1.64 bits per heavy atom. The molecule has 3 N–H and O–H groups in total. The van der Waals surface area contributed by atoms with Crippen molar-refractivity contribution in [3.05, 3.63) is 77.9 Å². The summed E-state index contributed by atoms with van der Waals surface area (Å²) in [7, 11) is 0. The minimum absolute atomic E-state index is 0.200. The summed E-state index contributed by atoms with van der Waals surface area (Å²) in [5.74, 6) is -1.41. The van der Waals surface area contributed by atoms with Gasteiger partial charge in [-0.3, -0.25) is 4.79 Å². The lowest BCUT2D eigenvalue weighted by Gasteiger charge is -2.11. The normalized spacial score (nSPS) is 12.0. The van der Waals surface area contributed by atoms with Gasteiger partial charge in [0.2, 0.25) is 0 Å². The number of urea groups is 1. The second-order valence-corrected chi connectivity index (χ2v) is 5.94. The molecule has 0 aromatic heterocycles. The van der Waals surface area contributed by atoms with Gasteiger partial charge in [-0.2, -0.15) is 0 Å². The lowest BCUT2D eigenvalue weighted by Crippen LogP contribution is -2.21. The third-order valence-electron chi connectivity index (χ3n) is 4.04. The maximum atomic E-state index is 13.6. The number of ether oxygens (including phenoxy) is 1. The zero-order valence-corrected chi connectivity index (χ0v) is 14.3. The van der Waals surface area contributed by atoms with Gasteiger partial charge in [-0.15, -0.1) is 0 Å². The van der Waals surface area contributed by atoms with E-state index in [1.165, 1.54) is 24.3 Å². The van der Waals surface area contributed by atoms with E-state index in [0.29, 0.717) is 17.2 Å². The average molecular weight is 381 g/mol.